The number of aryl methyl sites for hydroxylation is 2. The molecule has 4 rings (SSSR count). The van der Waals surface area contributed by atoms with E-state index in [0.717, 1.165) is 27.2 Å². The van der Waals surface area contributed by atoms with Crippen LogP contribution in [0.1, 0.15) is 33.4 Å². The van der Waals surface area contributed by atoms with E-state index in [2.05, 4.69) is 32.9 Å². The molecule has 0 aliphatic carbocycles. The number of hydrogen-bond acceptors (Lipinski definition) is 5. The second-order valence-electron chi connectivity index (χ2n) is 6.19. The summed E-state index contributed by atoms with van der Waals surface area (Å²) < 4.78 is 3.01. The van der Waals surface area contributed by atoms with Gasteiger partial charge in [0.15, 0.2) is 0 Å². The first-order valence-electron chi connectivity index (χ1n) is 8.28. The minimum Gasteiger partial charge on any atom is -0.350 e. The summed E-state index contributed by atoms with van der Waals surface area (Å²) in [4.78, 5) is 16.9. The summed E-state index contributed by atoms with van der Waals surface area (Å²) in [5.41, 5.74) is 6.58. The van der Waals surface area contributed by atoms with Gasteiger partial charge >= 0.3 is 0 Å². The van der Waals surface area contributed by atoms with Crippen LogP contribution in [0.25, 0.3) is 10.2 Å². The van der Waals surface area contributed by atoms with E-state index >= 15 is 0 Å². The standard InChI is InChI=1S/C19H18N4OS2/c1-12-7-13(2)23(22-12)17(15-5-6-25-10-15)9-20-19(24)14-3-4-16-18(8-14)26-11-21-16/h3-8,10-11,17H,9H2,1-2H3,(H,20,24)/t17-/m0/s1. The summed E-state index contributed by atoms with van der Waals surface area (Å²) in [6.07, 6.45) is 0. The van der Waals surface area contributed by atoms with E-state index in [1.807, 2.05) is 42.1 Å². The summed E-state index contributed by atoms with van der Waals surface area (Å²) in [6.45, 7) is 4.51. The lowest BCUT2D eigenvalue weighted by molar-refractivity contribution is 0.0949. The lowest BCUT2D eigenvalue weighted by atomic mass is 10.1. The minimum absolute atomic E-state index is 0.0222. The highest BCUT2D eigenvalue weighted by atomic mass is 32.1. The van der Waals surface area contributed by atoms with Crippen LogP contribution in [0.15, 0.2) is 46.6 Å². The molecule has 1 N–H and O–H groups in total. The van der Waals surface area contributed by atoms with E-state index in [4.69, 9.17) is 0 Å². The molecule has 1 aromatic carbocycles. The van der Waals surface area contributed by atoms with Gasteiger partial charge < -0.3 is 5.32 Å². The molecule has 132 valence electrons. The lowest BCUT2D eigenvalue weighted by Gasteiger charge is -2.19. The van der Waals surface area contributed by atoms with Gasteiger partial charge in [-0.2, -0.15) is 16.4 Å². The van der Waals surface area contributed by atoms with Gasteiger partial charge in [-0.15, -0.1) is 11.3 Å². The highest BCUT2D eigenvalue weighted by molar-refractivity contribution is 7.16. The van der Waals surface area contributed by atoms with Crippen molar-refractivity contribution in [1.82, 2.24) is 20.1 Å². The predicted octanol–water partition coefficient (Wildman–Crippen LogP) is 4.19. The van der Waals surface area contributed by atoms with Crippen LogP contribution >= 0.6 is 22.7 Å². The van der Waals surface area contributed by atoms with E-state index in [1.54, 1.807) is 16.8 Å². The van der Waals surface area contributed by atoms with E-state index in [0.29, 0.717) is 12.1 Å². The fourth-order valence-electron chi connectivity index (χ4n) is 3.06. The Balaban J connectivity index is 1.56. The molecule has 3 aromatic heterocycles. The molecule has 0 saturated heterocycles. The van der Waals surface area contributed by atoms with Gasteiger partial charge in [-0.3, -0.25) is 9.48 Å². The Bertz CT molecular complexity index is 1050. The SMILES string of the molecule is Cc1cc(C)n([C@@H](CNC(=O)c2ccc3ncsc3c2)c2ccsc2)n1. The quantitative estimate of drug-likeness (QED) is 0.563. The van der Waals surface area contributed by atoms with Crippen LogP contribution in [0.4, 0.5) is 0 Å². The fraction of sp³-hybridized carbons (Fsp3) is 0.211. The maximum Gasteiger partial charge on any atom is 0.251 e. The number of thiophene rings is 1. The fourth-order valence-corrected chi connectivity index (χ4v) is 4.48. The van der Waals surface area contributed by atoms with Crippen molar-refractivity contribution in [3.63, 3.8) is 0 Å². The topological polar surface area (TPSA) is 59.8 Å². The molecule has 5 nitrogen and oxygen atoms in total. The third kappa shape index (κ3) is 3.27. The number of rotatable bonds is 5. The van der Waals surface area contributed by atoms with Crippen LogP contribution in [0.5, 0.6) is 0 Å². The Morgan fingerprint density at radius 2 is 2.15 bits per heavy atom. The molecule has 7 heteroatoms. The molecule has 26 heavy (non-hydrogen) atoms. The number of thiazole rings is 1. The number of amides is 1. The van der Waals surface area contributed by atoms with Gasteiger partial charge in [-0.1, -0.05) is 0 Å². The van der Waals surface area contributed by atoms with Gasteiger partial charge in [-0.25, -0.2) is 4.98 Å². The van der Waals surface area contributed by atoms with Crippen LogP contribution in [-0.2, 0) is 0 Å². The van der Waals surface area contributed by atoms with Crippen molar-refractivity contribution < 1.29 is 4.79 Å². The smallest absolute Gasteiger partial charge is 0.251 e. The van der Waals surface area contributed by atoms with Crippen LogP contribution in [0.3, 0.4) is 0 Å². The first kappa shape index (κ1) is 16.9. The molecule has 0 radical (unpaired) electrons. The number of aromatic nitrogens is 3. The summed E-state index contributed by atoms with van der Waals surface area (Å²) in [7, 11) is 0. The Morgan fingerprint density at radius 3 is 2.88 bits per heavy atom. The third-order valence-corrected chi connectivity index (χ3v) is 5.81. The van der Waals surface area contributed by atoms with Gasteiger partial charge in [0.25, 0.3) is 5.91 Å². The highest BCUT2D eigenvalue weighted by Crippen LogP contribution is 2.23. The van der Waals surface area contributed by atoms with E-state index in [1.165, 1.54) is 11.3 Å². The Kier molecular flexibility index (Phi) is 4.57. The molecular weight excluding hydrogens is 364 g/mol. The number of nitrogens with zero attached hydrogens (tertiary/aromatic N) is 3. The zero-order valence-corrected chi connectivity index (χ0v) is 16.1. The molecule has 0 spiro atoms. The number of benzene rings is 1. The average molecular weight is 383 g/mol. The van der Waals surface area contributed by atoms with Crippen LogP contribution < -0.4 is 5.32 Å². The second-order valence-corrected chi connectivity index (χ2v) is 7.86. The molecule has 0 unspecified atom stereocenters. The third-order valence-electron chi connectivity index (χ3n) is 4.32. The van der Waals surface area contributed by atoms with Gasteiger partial charge in [0.2, 0.25) is 0 Å². The minimum atomic E-state index is -0.0814. The van der Waals surface area contributed by atoms with Gasteiger partial charge in [0.1, 0.15) is 0 Å². The van der Waals surface area contributed by atoms with Crippen molar-refractivity contribution in [2.75, 3.05) is 6.54 Å². The van der Waals surface area contributed by atoms with Crippen molar-refractivity contribution in [2.24, 2.45) is 0 Å². The van der Waals surface area contributed by atoms with Crippen LogP contribution in [0, 0.1) is 13.8 Å². The predicted molar refractivity (Wildman–Crippen MR) is 106 cm³/mol. The summed E-state index contributed by atoms with van der Waals surface area (Å²) in [5, 5.41) is 11.8. The molecule has 0 fully saturated rings. The largest absolute Gasteiger partial charge is 0.350 e. The van der Waals surface area contributed by atoms with Crippen LogP contribution in [-0.4, -0.2) is 27.2 Å². The maximum atomic E-state index is 12.7. The number of fused-ring (bicyclic) bond motifs is 1. The first-order valence-corrected chi connectivity index (χ1v) is 10.1. The van der Waals surface area contributed by atoms with Crippen molar-refractivity contribution in [3.8, 4) is 0 Å². The first-order chi connectivity index (χ1) is 12.6. The van der Waals surface area contributed by atoms with E-state index in [-0.39, 0.29) is 11.9 Å². The van der Waals surface area contributed by atoms with Gasteiger partial charge in [0, 0.05) is 17.8 Å². The maximum absolute atomic E-state index is 12.7. The van der Waals surface area contributed by atoms with E-state index < -0.39 is 0 Å². The molecule has 4 aromatic rings. The molecule has 1 atom stereocenters. The monoisotopic (exact) mass is 382 g/mol. The molecule has 0 saturated carbocycles. The van der Waals surface area contributed by atoms with Crippen LogP contribution in [0.2, 0.25) is 0 Å². The summed E-state index contributed by atoms with van der Waals surface area (Å²) in [6, 6.07) is 9.72. The van der Waals surface area contributed by atoms with Gasteiger partial charge in [-0.05, 0) is 60.5 Å². The molecular formula is C19H18N4OS2. The van der Waals surface area contributed by atoms with E-state index in [9.17, 15) is 4.79 Å². The zero-order valence-electron chi connectivity index (χ0n) is 14.5. The summed E-state index contributed by atoms with van der Waals surface area (Å²) in [5.74, 6) is -0.0814. The normalized spacial score (nSPS) is 12.4. The Morgan fingerprint density at radius 1 is 1.27 bits per heavy atom. The number of carbonyl (C=O) groups is 1. The number of carbonyl (C=O) groups excluding carboxylic acids is 1. The van der Waals surface area contributed by atoms with Crippen molar-refractivity contribution in [3.05, 3.63) is 69.1 Å². The lowest BCUT2D eigenvalue weighted by Crippen LogP contribution is -2.32. The number of nitrogens with one attached hydrogen (secondary N) is 1. The van der Waals surface area contributed by atoms with Crippen molar-refractivity contribution >= 4 is 38.8 Å². The molecule has 3 heterocycles. The second kappa shape index (κ2) is 7.01. The zero-order chi connectivity index (χ0) is 18.1. The molecule has 0 aliphatic rings. The van der Waals surface area contributed by atoms with Crippen molar-refractivity contribution in [2.45, 2.75) is 19.9 Å². The average Bonchev–Trinajstić information content (AvgIpc) is 3.36. The highest BCUT2D eigenvalue weighted by Gasteiger charge is 2.19. The molecule has 0 aliphatic heterocycles. The Labute approximate surface area is 159 Å². The Hall–Kier alpha value is -2.51. The summed E-state index contributed by atoms with van der Waals surface area (Å²) >= 11 is 3.19. The number of hydrogen-bond donors (Lipinski definition) is 1. The molecule has 0 bridgehead atoms. The van der Waals surface area contributed by atoms with Crippen molar-refractivity contribution in [1.29, 1.82) is 0 Å². The molecule has 1 amide bonds. The van der Waals surface area contributed by atoms with Gasteiger partial charge in [0.05, 0.1) is 27.5 Å².